The Morgan fingerprint density at radius 2 is 1.80 bits per heavy atom. The fraction of sp³-hybridized carbons (Fsp3) is 0.278. The molecular formula is C18H18F3NO3. The second-order valence-corrected chi connectivity index (χ2v) is 5.27. The second-order valence-electron chi connectivity index (χ2n) is 5.27. The molecule has 0 aliphatic carbocycles. The van der Waals surface area contributed by atoms with E-state index < -0.39 is 23.8 Å². The van der Waals surface area contributed by atoms with E-state index in [4.69, 9.17) is 4.74 Å². The number of halogens is 3. The van der Waals surface area contributed by atoms with Crippen molar-refractivity contribution in [2.75, 3.05) is 13.2 Å². The first-order chi connectivity index (χ1) is 11.8. The van der Waals surface area contributed by atoms with Crippen molar-refractivity contribution < 1.29 is 27.8 Å². The summed E-state index contributed by atoms with van der Waals surface area (Å²) in [4.78, 5) is 12.2. The van der Waals surface area contributed by atoms with E-state index in [1.54, 1.807) is 31.2 Å². The van der Waals surface area contributed by atoms with Gasteiger partial charge in [0.15, 0.2) is 0 Å². The van der Waals surface area contributed by atoms with E-state index in [-0.39, 0.29) is 12.1 Å². The molecule has 0 radical (unpaired) electrons. The van der Waals surface area contributed by atoms with Gasteiger partial charge in [-0.05, 0) is 36.8 Å². The van der Waals surface area contributed by atoms with Crippen LogP contribution in [0.15, 0.2) is 48.5 Å². The van der Waals surface area contributed by atoms with E-state index in [1.807, 2.05) is 0 Å². The van der Waals surface area contributed by atoms with Gasteiger partial charge in [-0.3, -0.25) is 4.79 Å². The number of carbonyl (C=O) groups is 1. The largest absolute Gasteiger partial charge is 0.493 e. The number of rotatable bonds is 6. The minimum atomic E-state index is -4.43. The van der Waals surface area contributed by atoms with Gasteiger partial charge in [-0.1, -0.05) is 24.3 Å². The Morgan fingerprint density at radius 1 is 1.16 bits per heavy atom. The summed E-state index contributed by atoms with van der Waals surface area (Å²) in [5.41, 5.74) is -0.187. The van der Waals surface area contributed by atoms with Crippen molar-refractivity contribution in [1.29, 1.82) is 0 Å². The van der Waals surface area contributed by atoms with Gasteiger partial charge >= 0.3 is 6.18 Å². The highest BCUT2D eigenvalue weighted by Gasteiger charge is 2.30. The number of nitrogens with one attached hydrogen (secondary N) is 1. The van der Waals surface area contributed by atoms with Gasteiger partial charge in [-0.2, -0.15) is 13.2 Å². The van der Waals surface area contributed by atoms with Gasteiger partial charge in [0.2, 0.25) is 0 Å². The Kier molecular flexibility index (Phi) is 6.03. The number of hydrogen-bond donors (Lipinski definition) is 2. The Morgan fingerprint density at radius 3 is 2.40 bits per heavy atom. The Bertz CT molecular complexity index is 714. The van der Waals surface area contributed by atoms with Crippen molar-refractivity contribution in [3.05, 3.63) is 65.2 Å². The fourth-order valence-corrected chi connectivity index (χ4v) is 2.23. The van der Waals surface area contributed by atoms with Gasteiger partial charge in [0.1, 0.15) is 5.75 Å². The summed E-state index contributed by atoms with van der Waals surface area (Å²) in [6, 6.07) is 10.8. The highest BCUT2D eigenvalue weighted by atomic mass is 19.4. The standard InChI is InChI=1S/C18H18F3NO3/c1-2-25-16-6-4-3-5-14(16)17(24)22-11-15(23)12-7-9-13(10-8-12)18(19,20)21/h3-10,15,23H,2,11H2,1H3,(H,22,24). The van der Waals surface area contributed by atoms with E-state index >= 15 is 0 Å². The lowest BCUT2D eigenvalue weighted by Crippen LogP contribution is -2.28. The average Bonchev–Trinajstić information content (AvgIpc) is 2.59. The van der Waals surface area contributed by atoms with Crippen LogP contribution >= 0.6 is 0 Å². The molecule has 0 spiro atoms. The lowest BCUT2D eigenvalue weighted by molar-refractivity contribution is -0.137. The normalized spacial score (nSPS) is 12.5. The molecule has 0 saturated heterocycles. The predicted molar refractivity (Wildman–Crippen MR) is 86.3 cm³/mol. The number of alkyl halides is 3. The maximum absolute atomic E-state index is 12.5. The number of ether oxygens (including phenoxy) is 1. The summed E-state index contributed by atoms with van der Waals surface area (Å²) in [6.45, 7) is 2.06. The van der Waals surface area contributed by atoms with Gasteiger partial charge in [-0.15, -0.1) is 0 Å². The highest BCUT2D eigenvalue weighted by molar-refractivity contribution is 5.96. The number of benzene rings is 2. The predicted octanol–water partition coefficient (Wildman–Crippen LogP) is 3.57. The molecule has 2 aromatic rings. The van der Waals surface area contributed by atoms with Crippen LogP contribution in [0.4, 0.5) is 13.2 Å². The minimum absolute atomic E-state index is 0.134. The molecule has 0 bridgehead atoms. The molecule has 25 heavy (non-hydrogen) atoms. The quantitative estimate of drug-likeness (QED) is 0.835. The third kappa shape index (κ3) is 4.96. The lowest BCUT2D eigenvalue weighted by Gasteiger charge is -2.15. The zero-order valence-corrected chi connectivity index (χ0v) is 13.5. The molecule has 1 unspecified atom stereocenters. The zero-order valence-electron chi connectivity index (χ0n) is 13.5. The fourth-order valence-electron chi connectivity index (χ4n) is 2.23. The van der Waals surface area contributed by atoms with Crippen LogP contribution in [-0.2, 0) is 6.18 Å². The molecule has 7 heteroatoms. The summed E-state index contributed by atoms with van der Waals surface area (Å²) in [5, 5.41) is 12.6. The Hall–Kier alpha value is -2.54. The first-order valence-electron chi connectivity index (χ1n) is 7.68. The summed E-state index contributed by atoms with van der Waals surface area (Å²) in [6.07, 6.45) is -5.55. The monoisotopic (exact) mass is 353 g/mol. The van der Waals surface area contributed by atoms with Gasteiger partial charge in [-0.25, -0.2) is 0 Å². The molecule has 2 N–H and O–H groups in total. The number of aliphatic hydroxyl groups excluding tert-OH is 1. The molecule has 2 aromatic carbocycles. The number of amides is 1. The number of hydrogen-bond acceptors (Lipinski definition) is 3. The molecule has 0 heterocycles. The molecule has 0 aliphatic heterocycles. The van der Waals surface area contributed by atoms with Crippen molar-refractivity contribution in [3.63, 3.8) is 0 Å². The van der Waals surface area contributed by atoms with Gasteiger partial charge < -0.3 is 15.2 Å². The van der Waals surface area contributed by atoms with Crippen molar-refractivity contribution in [1.82, 2.24) is 5.32 Å². The molecule has 1 amide bonds. The van der Waals surface area contributed by atoms with Crippen LogP contribution in [0.2, 0.25) is 0 Å². The van der Waals surface area contributed by atoms with E-state index in [9.17, 15) is 23.1 Å². The molecule has 0 fully saturated rings. The van der Waals surface area contributed by atoms with Crippen LogP contribution in [0.25, 0.3) is 0 Å². The second kappa shape index (κ2) is 8.02. The SMILES string of the molecule is CCOc1ccccc1C(=O)NCC(O)c1ccc(C(F)(F)F)cc1. The van der Waals surface area contributed by atoms with E-state index in [0.29, 0.717) is 17.9 Å². The average molecular weight is 353 g/mol. The molecule has 0 aromatic heterocycles. The zero-order chi connectivity index (χ0) is 18.4. The van der Waals surface area contributed by atoms with Crippen LogP contribution < -0.4 is 10.1 Å². The Balaban J connectivity index is 2.00. The van der Waals surface area contributed by atoms with Gasteiger partial charge in [0, 0.05) is 6.54 Å². The van der Waals surface area contributed by atoms with Crippen LogP contribution in [-0.4, -0.2) is 24.2 Å². The summed E-state index contributed by atoms with van der Waals surface area (Å²) >= 11 is 0. The van der Waals surface area contributed by atoms with Crippen molar-refractivity contribution in [2.24, 2.45) is 0 Å². The molecule has 134 valence electrons. The third-order valence-electron chi connectivity index (χ3n) is 3.51. The van der Waals surface area contributed by atoms with Gasteiger partial charge in [0.05, 0.1) is 23.8 Å². The van der Waals surface area contributed by atoms with Crippen molar-refractivity contribution in [2.45, 2.75) is 19.2 Å². The number of aliphatic hydroxyl groups is 1. The van der Waals surface area contributed by atoms with Crippen LogP contribution in [0, 0.1) is 0 Å². The Labute approximate surface area is 143 Å². The lowest BCUT2D eigenvalue weighted by atomic mass is 10.1. The molecular weight excluding hydrogens is 335 g/mol. The topological polar surface area (TPSA) is 58.6 Å². The maximum atomic E-state index is 12.5. The van der Waals surface area contributed by atoms with Crippen molar-refractivity contribution >= 4 is 5.91 Å². The van der Waals surface area contributed by atoms with Gasteiger partial charge in [0.25, 0.3) is 5.91 Å². The maximum Gasteiger partial charge on any atom is 0.416 e. The van der Waals surface area contributed by atoms with E-state index in [0.717, 1.165) is 12.1 Å². The molecule has 2 rings (SSSR count). The highest BCUT2D eigenvalue weighted by Crippen LogP contribution is 2.29. The van der Waals surface area contributed by atoms with Crippen LogP contribution in [0.3, 0.4) is 0 Å². The first-order valence-corrected chi connectivity index (χ1v) is 7.68. The minimum Gasteiger partial charge on any atom is -0.493 e. The molecule has 1 atom stereocenters. The molecule has 0 aliphatic rings. The van der Waals surface area contributed by atoms with Crippen LogP contribution in [0.1, 0.15) is 34.5 Å². The smallest absolute Gasteiger partial charge is 0.416 e. The van der Waals surface area contributed by atoms with Crippen molar-refractivity contribution in [3.8, 4) is 5.75 Å². The molecule has 0 saturated carbocycles. The summed E-state index contributed by atoms with van der Waals surface area (Å²) < 4.78 is 43.0. The number of carbonyl (C=O) groups excluding carboxylic acids is 1. The first kappa shape index (κ1) is 18.8. The van der Waals surface area contributed by atoms with E-state index in [2.05, 4.69) is 5.32 Å². The summed E-state index contributed by atoms with van der Waals surface area (Å²) in [7, 11) is 0. The number of para-hydroxylation sites is 1. The third-order valence-corrected chi connectivity index (χ3v) is 3.51. The summed E-state index contributed by atoms with van der Waals surface area (Å²) in [5.74, 6) is -0.0125. The van der Waals surface area contributed by atoms with Crippen LogP contribution in [0.5, 0.6) is 5.75 Å². The van der Waals surface area contributed by atoms with E-state index in [1.165, 1.54) is 12.1 Å². The molecule has 4 nitrogen and oxygen atoms in total.